The average molecular weight is 309 g/mol. The van der Waals surface area contributed by atoms with Crippen LogP contribution in [0.5, 0.6) is 0 Å². The number of hydrogen-bond donors (Lipinski definition) is 1. The Morgan fingerprint density at radius 2 is 2.00 bits per heavy atom. The minimum atomic E-state index is 0.122. The van der Waals surface area contributed by atoms with Crippen molar-refractivity contribution in [2.45, 2.75) is 45.7 Å². The van der Waals surface area contributed by atoms with Crippen LogP contribution in [0.15, 0.2) is 30.5 Å². The standard InChI is InChI=1S/C16H21ClN2S/c1-11(13-7-5-6-8-14(13)17)18-9-12-10-19-15(20-12)16(2,3)4/h5-8,10-11,18H,9H2,1-4H3. The Bertz CT molecular complexity index is 572. The van der Waals surface area contributed by atoms with Gasteiger partial charge >= 0.3 is 0 Å². The molecule has 2 aromatic rings. The second-order valence-corrected chi connectivity index (χ2v) is 7.53. The lowest BCUT2D eigenvalue weighted by Gasteiger charge is -2.15. The Hall–Kier alpha value is -0.900. The number of nitrogens with zero attached hydrogens (tertiary/aromatic N) is 1. The molecule has 0 aliphatic rings. The van der Waals surface area contributed by atoms with E-state index in [2.05, 4.69) is 44.1 Å². The first-order valence-electron chi connectivity index (χ1n) is 6.81. The molecule has 1 unspecified atom stereocenters. The normalized spacial score (nSPS) is 13.4. The van der Waals surface area contributed by atoms with Crippen LogP contribution >= 0.6 is 22.9 Å². The molecule has 0 fully saturated rings. The van der Waals surface area contributed by atoms with Crippen molar-refractivity contribution in [2.24, 2.45) is 0 Å². The van der Waals surface area contributed by atoms with Crippen molar-refractivity contribution in [3.05, 3.63) is 50.9 Å². The molecule has 0 spiro atoms. The van der Waals surface area contributed by atoms with Gasteiger partial charge in [0.25, 0.3) is 0 Å². The zero-order valence-electron chi connectivity index (χ0n) is 12.4. The van der Waals surface area contributed by atoms with Gasteiger partial charge in [0.05, 0.1) is 5.01 Å². The van der Waals surface area contributed by atoms with Crippen molar-refractivity contribution in [1.29, 1.82) is 0 Å². The molecule has 4 heteroatoms. The fourth-order valence-corrected chi connectivity index (χ4v) is 3.15. The summed E-state index contributed by atoms with van der Waals surface area (Å²) in [6.45, 7) is 9.52. The highest BCUT2D eigenvalue weighted by atomic mass is 35.5. The first-order chi connectivity index (χ1) is 9.38. The summed E-state index contributed by atoms with van der Waals surface area (Å²) in [5.74, 6) is 0. The molecule has 1 aromatic carbocycles. The van der Waals surface area contributed by atoms with E-state index in [-0.39, 0.29) is 11.5 Å². The summed E-state index contributed by atoms with van der Waals surface area (Å²) in [6.07, 6.45) is 1.97. The van der Waals surface area contributed by atoms with E-state index in [9.17, 15) is 0 Å². The highest BCUT2D eigenvalue weighted by Crippen LogP contribution is 2.27. The van der Waals surface area contributed by atoms with Crippen LogP contribution in [0.25, 0.3) is 0 Å². The highest BCUT2D eigenvalue weighted by Gasteiger charge is 2.18. The maximum absolute atomic E-state index is 6.22. The minimum absolute atomic E-state index is 0.122. The molecule has 0 aliphatic heterocycles. The van der Waals surface area contributed by atoms with Gasteiger partial charge in [0.1, 0.15) is 0 Å². The Morgan fingerprint density at radius 3 is 2.60 bits per heavy atom. The van der Waals surface area contributed by atoms with Gasteiger partial charge in [-0.1, -0.05) is 50.6 Å². The van der Waals surface area contributed by atoms with Crippen LogP contribution in [0, 0.1) is 0 Å². The first kappa shape index (κ1) is 15.5. The summed E-state index contributed by atoms with van der Waals surface area (Å²) in [6, 6.07) is 8.19. The van der Waals surface area contributed by atoms with Gasteiger partial charge in [0.2, 0.25) is 0 Å². The summed E-state index contributed by atoms with van der Waals surface area (Å²) < 4.78 is 0. The Kier molecular flexibility index (Phi) is 4.84. The summed E-state index contributed by atoms with van der Waals surface area (Å²) in [7, 11) is 0. The van der Waals surface area contributed by atoms with Gasteiger partial charge in [0, 0.05) is 34.1 Å². The van der Waals surface area contributed by atoms with Crippen molar-refractivity contribution in [1.82, 2.24) is 10.3 Å². The lowest BCUT2D eigenvalue weighted by molar-refractivity contribution is 0.578. The number of hydrogen-bond acceptors (Lipinski definition) is 3. The molecule has 0 aliphatic carbocycles. The fraction of sp³-hybridized carbons (Fsp3) is 0.438. The third-order valence-corrected chi connectivity index (χ3v) is 4.92. The van der Waals surface area contributed by atoms with Crippen LogP contribution in [0.1, 0.15) is 49.2 Å². The van der Waals surface area contributed by atoms with Gasteiger partial charge in [0.15, 0.2) is 0 Å². The molecular weight excluding hydrogens is 288 g/mol. The van der Waals surface area contributed by atoms with Crippen molar-refractivity contribution in [2.75, 3.05) is 0 Å². The van der Waals surface area contributed by atoms with Gasteiger partial charge in [-0.15, -0.1) is 11.3 Å². The van der Waals surface area contributed by atoms with E-state index in [1.807, 2.05) is 24.4 Å². The molecular formula is C16H21ClN2S. The third kappa shape index (κ3) is 3.81. The lowest BCUT2D eigenvalue weighted by Crippen LogP contribution is -2.17. The highest BCUT2D eigenvalue weighted by molar-refractivity contribution is 7.11. The molecule has 0 saturated carbocycles. The molecule has 2 nitrogen and oxygen atoms in total. The molecule has 1 N–H and O–H groups in total. The van der Waals surface area contributed by atoms with Crippen LogP contribution in [-0.4, -0.2) is 4.98 Å². The molecule has 1 atom stereocenters. The van der Waals surface area contributed by atoms with E-state index in [0.29, 0.717) is 0 Å². The zero-order chi connectivity index (χ0) is 14.8. The maximum Gasteiger partial charge on any atom is 0.0981 e. The van der Waals surface area contributed by atoms with Gasteiger partial charge in [-0.2, -0.15) is 0 Å². The van der Waals surface area contributed by atoms with Crippen molar-refractivity contribution in [3.8, 4) is 0 Å². The number of rotatable bonds is 4. The molecule has 2 rings (SSSR count). The van der Waals surface area contributed by atoms with Crippen LogP contribution in [0.4, 0.5) is 0 Å². The molecule has 1 aromatic heterocycles. The largest absolute Gasteiger partial charge is 0.305 e. The number of benzene rings is 1. The van der Waals surface area contributed by atoms with E-state index >= 15 is 0 Å². The minimum Gasteiger partial charge on any atom is -0.305 e. The zero-order valence-corrected chi connectivity index (χ0v) is 14.0. The number of thiazole rings is 1. The van der Waals surface area contributed by atoms with Crippen LogP contribution in [0.2, 0.25) is 5.02 Å². The number of aromatic nitrogens is 1. The maximum atomic E-state index is 6.22. The second kappa shape index (κ2) is 6.25. The number of nitrogens with one attached hydrogen (secondary N) is 1. The number of halogens is 1. The van der Waals surface area contributed by atoms with Crippen LogP contribution in [-0.2, 0) is 12.0 Å². The molecule has 108 valence electrons. The van der Waals surface area contributed by atoms with Crippen LogP contribution in [0.3, 0.4) is 0 Å². The monoisotopic (exact) mass is 308 g/mol. The Balaban J connectivity index is 1.99. The summed E-state index contributed by atoms with van der Waals surface area (Å²) in [4.78, 5) is 5.77. The van der Waals surface area contributed by atoms with Crippen molar-refractivity contribution in [3.63, 3.8) is 0 Å². The SMILES string of the molecule is CC(NCc1cnc(C(C)(C)C)s1)c1ccccc1Cl. The van der Waals surface area contributed by atoms with Crippen LogP contribution < -0.4 is 5.32 Å². The summed E-state index contributed by atoms with van der Waals surface area (Å²) in [5, 5.41) is 5.50. The molecule has 1 heterocycles. The average Bonchev–Trinajstić information content (AvgIpc) is 2.85. The Morgan fingerprint density at radius 1 is 1.30 bits per heavy atom. The van der Waals surface area contributed by atoms with E-state index < -0.39 is 0 Å². The molecule has 0 saturated heterocycles. The van der Waals surface area contributed by atoms with Crippen molar-refractivity contribution >= 4 is 22.9 Å². The second-order valence-electron chi connectivity index (χ2n) is 6.01. The summed E-state index contributed by atoms with van der Waals surface area (Å²) in [5.41, 5.74) is 1.26. The van der Waals surface area contributed by atoms with E-state index in [1.165, 1.54) is 9.88 Å². The van der Waals surface area contributed by atoms with E-state index in [0.717, 1.165) is 17.1 Å². The fourth-order valence-electron chi connectivity index (χ4n) is 1.93. The predicted molar refractivity (Wildman–Crippen MR) is 87.5 cm³/mol. The quantitative estimate of drug-likeness (QED) is 0.865. The predicted octanol–water partition coefficient (Wildman–Crippen LogP) is 4.94. The molecule has 0 radical (unpaired) electrons. The molecule has 20 heavy (non-hydrogen) atoms. The van der Waals surface area contributed by atoms with Gasteiger partial charge in [-0.05, 0) is 18.6 Å². The molecule has 0 bridgehead atoms. The topological polar surface area (TPSA) is 24.9 Å². The lowest BCUT2D eigenvalue weighted by atomic mass is 9.98. The van der Waals surface area contributed by atoms with Gasteiger partial charge < -0.3 is 5.32 Å². The summed E-state index contributed by atoms with van der Waals surface area (Å²) >= 11 is 7.99. The van der Waals surface area contributed by atoms with E-state index in [1.54, 1.807) is 11.3 Å². The third-order valence-electron chi connectivity index (χ3n) is 3.15. The Labute approximate surface area is 130 Å². The smallest absolute Gasteiger partial charge is 0.0981 e. The van der Waals surface area contributed by atoms with Gasteiger partial charge in [-0.25, -0.2) is 4.98 Å². The van der Waals surface area contributed by atoms with Gasteiger partial charge in [-0.3, -0.25) is 0 Å². The van der Waals surface area contributed by atoms with E-state index in [4.69, 9.17) is 11.6 Å². The first-order valence-corrected chi connectivity index (χ1v) is 8.00. The molecule has 0 amide bonds. The van der Waals surface area contributed by atoms with Crippen molar-refractivity contribution < 1.29 is 0 Å².